The lowest BCUT2D eigenvalue weighted by Gasteiger charge is -2.08. The highest BCUT2D eigenvalue weighted by molar-refractivity contribution is 5.70. The molecule has 0 saturated heterocycles. The molecule has 3 N–H and O–H groups in total. The van der Waals surface area contributed by atoms with E-state index >= 15 is 0 Å². The molecule has 0 bridgehead atoms. The summed E-state index contributed by atoms with van der Waals surface area (Å²) < 4.78 is 30.7. The van der Waals surface area contributed by atoms with Crippen LogP contribution < -0.4 is 14.2 Å². The number of hydrogen-bond donors (Lipinski definition) is 3. The molecule has 358 valence electrons. The molecule has 0 fully saturated rings. The molecule has 0 atom stereocenters. The zero-order chi connectivity index (χ0) is 47.5. The largest absolute Gasteiger partial charge is 0.504 e. The first-order valence-electron chi connectivity index (χ1n) is 22.9. The Balaban J connectivity index is 0.000000481. The lowest BCUT2D eigenvalue weighted by Crippen LogP contribution is -2.04. The Bertz CT molecular complexity index is 1770. The monoisotopic (exact) mass is 895 g/mol. The van der Waals surface area contributed by atoms with Gasteiger partial charge in [-0.3, -0.25) is 14.4 Å². The van der Waals surface area contributed by atoms with Crippen molar-refractivity contribution in [3.63, 3.8) is 0 Å². The van der Waals surface area contributed by atoms with Crippen LogP contribution in [0.15, 0.2) is 66.7 Å². The third kappa shape index (κ3) is 27.6. The highest BCUT2D eigenvalue weighted by Gasteiger charge is 2.09. The summed E-state index contributed by atoms with van der Waals surface area (Å²) in [5, 5.41) is 28.5. The molecular weight excluding hydrogens is 817 g/mol. The number of benzene rings is 3. The second-order valence-electron chi connectivity index (χ2n) is 16.4. The topological polar surface area (TPSA) is 167 Å². The summed E-state index contributed by atoms with van der Waals surface area (Å²) in [6.45, 7) is 11.5. The molecule has 0 aliphatic carbocycles. The lowest BCUT2D eigenvalue weighted by atomic mass is 10.0. The molecule has 0 amide bonds. The van der Waals surface area contributed by atoms with Gasteiger partial charge in [0.15, 0.2) is 34.5 Å². The Morgan fingerprint density at radius 3 is 1.22 bits per heavy atom. The van der Waals surface area contributed by atoms with E-state index in [1.165, 1.54) is 78.1 Å². The van der Waals surface area contributed by atoms with Gasteiger partial charge in [-0.15, -0.1) is 0 Å². The number of hydrogen-bond acceptors (Lipinski definition) is 12. The van der Waals surface area contributed by atoms with E-state index in [0.717, 1.165) is 67.6 Å². The van der Waals surface area contributed by atoms with Gasteiger partial charge in [0.2, 0.25) is 0 Å². The fourth-order valence-electron chi connectivity index (χ4n) is 6.09. The molecule has 0 unspecified atom stereocenters. The number of phenols is 3. The van der Waals surface area contributed by atoms with Crippen molar-refractivity contribution < 1.29 is 58.1 Å². The van der Waals surface area contributed by atoms with Crippen LogP contribution >= 0.6 is 0 Å². The molecule has 3 rings (SSSR count). The van der Waals surface area contributed by atoms with Crippen LogP contribution in [-0.4, -0.2) is 54.6 Å². The van der Waals surface area contributed by atoms with E-state index in [0.29, 0.717) is 42.4 Å². The van der Waals surface area contributed by atoms with Crippen LogP contribution in [0.1, 0.15) is 154 Å². The summed E-state index contributed by atoms with van der Waals surface area (Å²) in [5.74, 6) is 2.19. The van der Waals surface area contributed by atoms with Crippen LogP contribution in [0.2, 0.25) is 0 Å². The van der Waals surface area contributed by atoms with E-state index in [-0.39, 0.29) is 55.0 Å². The second kappa shape index (κ2) is 35.0. The van der Waals surface area contributed by atoms with Crippen molar-refractivity contribution in [1.82, 2.24) is 0 Å². The Kier molecular flexibility index (Phi) is 31.0. The van der Waals surface area contributed by atoms with Gasteiger partial charge in [-0.25, -0.2) is 0 Å². The van der Waals surface area contributed by atoms with Crippen LogP contribution in [0.5, 0.6) is 34.5 Å². The molecular formula is C52H78O12. The number of esters is 3. The molecule has 3 aromatic rings. The average molecular weight is 895 g/mol. The van der Waals surface area contributed by atoms with Crippen molar-refractivity contribution in [3.8, 4) is 34.5 Å². The Morgan fingerprint density at radius 1 is 0.516 bits per heavy atom. The summed E-state index contributed by atoms with van der Waals surface area (Å²) in [5.41, 5.74) is 2.40. The number of phenolic OH excluding ortho intramolecular Hbond substituents is 3. The summed E-state index contributed by atoms with van der Waals surface area (Å²) in [4.78, 5) is 34.9. The summed E-state index contributed by atoms with van der Waals surface area (Å²) >= 11 is 0. The van der Waals surface area contributed by atoms with Crippen molar-refractivity contribution in [2.24, 2.45) is 11.8 Å². The first kappa shape index (κ1) is 56.6. The maximum atomic E-state index is 11.7. The van der Waals surface area contributed by atoms with Crippen LogP contribution in [0.4, 0.5) is 0 Å². The van der Waals surface area contributed by atoms with E-state index < -0.39 is 0 Å². The van der Waals surface area contributed by atoms with E-state index in [1.54, 1.807) is 36.4 Å². The smallest absolute Gasteiger partial charge is 0.306 e. The van der Waals surface area contributed by atoms with Crippen molar-refractivity contribution >= 4 is 17.9 Å². The number of methoxy groups -OCH3 is 3. The minimum absolute atomic E-state index is 0.0760. The quantitative estimate of drug-likeness (QED) is 0.0273. The second-order valence-corrected chi connectivity index (χ2v) is 16.4. The molecule has 0 aliphatic rings. The van der Waals surface area contributed by atoms with E-state index in [9.17, 15) is 29.7 Å². The van der Waals surface area contributed by atoms with Gasteiger partial charge in [0, 0.05) is 19.3 Å². The van der Waals surface area contributed by atoms with Gasteiger partial charge >= 0.3 is 17.9 Å². The van der Waals surface area contributed by atoms with Crippen LogP contribution in [0.3, 0.4) is 0 Å². The number of unbranched alkanes of at least 4 members (excludes halogenated alkanes) is 9. The zero-order valence-corrected chi connectivity index (χ0v) is 40.0. The molecule has 12 nitrogen and oxygen atoms in total. The SMILES string of the molecule is CCCCCCCC(=O)OCc1ccc(O)c(OC)c1.COc1cc(COC(=O)CCCC/C=C/C(C)C)ccc1O.COc1cc(COC(=O)CCCCCCC(C)C)ccc1O. The van der Waals surface area contributed by atoms with E-state index in [1.807, 2.05) is 0 Å². The predicted octanol–water partition coefficient (Wildman–Crippen LogP) is 12.5. The van der Waals surface area contributed by atoms with Gasteiger partial charge in [-0.2, -0.15) is 0 Å². The summed E-state index contributed by atoms with van der Waals surface area (Å²) in [6.07, 6.45) is 19.8. The zero-order valence-electron chi connectivity index (χ0n) is 40.0. The first-order valence-corrected chi connectivity index (χ1v) is 22.9. The Hall–Kier alpha value is -5.39. The molecule has 64 heavy (non-hydrogen) atoms. The molecule has 0 radical (unpaired) electrons. The molecule has 0 heterocycles. The average Bonchev–Trinajstić information content (AvgIpc) is 3.28. The van der Waals surface area contributed by atoms with Crippen molar-refractivity contribution in [1.29, 1.82) is 0 Å². The van der Waals surface area contributed by atoms with Crippen molar-refractivity contribution in [2.45, 2.75) is 157 Å². The van der Waals surface area contributed by atoms with Crippen molar-refractivity contribution in [2.75, 3.05) is 21.3 Å². The Morgan fingerprint density at radius 2 is 0.875 bits per heavy atom. The van der Waals surface area contributed by atoms with Gasteiger partial charge in [-0.1, -0.05) is 116 Å². The number of ether oxygens (including phenoxy) is 6. The van der Waals surface area contributed by atoms with Crippen LogP contribution in [-0.2, 0) is 48.4 Å². The minimum Gasteiger partial charge on any atom is -0.504 e. The fraction of sp³-hybridized carbons (Fsp3) is 0.558. The fourth-order valence-corrected chi connectivity index (χ4v) is 6.09. The highest BCUT2D eigenvalue weighted by atomic mass is 16.5. The minimum atomic E-state index is -0.195. The third-order valence-electron chi connectivity index (χ3n) is 9.85. The maximum Gasteiger partial charge on any atom is 0.306 e. The van der Waals surface area contributed by atoms with E-state index in [4.69, 9.17) is 28.4 Å². The van der Waals surface area contributed by atoms with Gasteiger partial charge in [-0.05, 0) is 97.0 Å². The van der Waals surface area contributed by atoms with Gasteiger partial charge in [0.1, 0.15) is 19.8 Å². The first-order chi connectivity index (χ1) is 30.7. The molecule has 0 aliphatic heterocycles. The summed E-state index contributed by atoms with van der Waals surface area (Å²) in [6, 6.07) is 14.8. The number of carbonyl (C=O) groups is 3. The predicted molar refractivity (Wildman–Crippen MR) is 252 cm³/mol. The van der Waals surface area contributed by atoms with Gasteiger partial charge in [0.25, 0.3) is 0 Å². The summed E-state index contributed by atoms with van der Waals surface area (Å²) in [7, 11) is 4.46. The van der Waals surface area contributed by atoms with Crippen molar-refractivity contribution in [3.05, 3.63) is 83.4 Å². The number of rotatable bonds is 28. The Labute approximate surface area is 383 Å². The highest BCUT2D eigenvalue weighted by Crippen LogP contribution is 2.28. The van der Waals surface area contributed by atoms with E-state index in [2.05, 4.69) is 46.8 Å². The van der Waals surface area contributed by atoms with Gasteiger partial charge in [0.05, 0.1) is 21.3 Å². The maximum absolute atomic E-state index is 11.7. The third-order valence-corrected chi connectivity index (χ3v) is 9.85. The van der Waals surface area contributed by atoms with Gasteiger partial charge < -0.3 is 43.7 Å². The number of aromatic hydroxyl groups is 3. The standard InChI is InChI=1S/C18H28O4.C18H26O4.C16H24O4/c2*1-14(2)8-6-4-5-7-9-18(20)22-13-15-10-11-16(19)17(12-15)21-3;1-3-4-5-6-7-8-16(18)20-12-13-9-10-14(17)15(11-13)19-2/h10-12,14,19H,4-9,13H2,1-3H3;6,8,10-12,14,19H,4-5,7,9,13H2,1-3H3;9-11,17H,3-8,12H2,1-2H3/b;8-6+;. The molecule has 0 aromatic heterocycles. The number of allylic oxidation sites excluding steroid dienone is 2. The lowest BCUT2D eigenvalue weighted by molar-refractivity contribution is -0.146. The number of carbonyl (C=O) groups excluding carboxylic acids is 3. The van der Waals surface area contributed by atoms with Crippen LogP contribution in [0, 0.1) is 11.8 Å². The molecule has 0 saturated carbocycles. The molecule has 12 heteroatoms. The molecule has 0 spiro atoms. The van der Waals surface area contributed by atoms with Crippen LogP contribution in [0.25, 0.3) is 0 Å². The normalized spacial score (nSPS) is 10.7. The molecule has 3 aromatic carbocycles.